The average molecular weight is 384 g/mol. The number of carbonyl (C=O) groups is 1. The number of H-pyrrole nitrogens is 1. The molecule has 28 heavy (non-hydrogen) atoms. The first-order valence-corrected chi connectivity index (χ1v) is 9.78. The number of aryl methyl sites for hydroxylation is 1. The van der Waals surface area contributed by atoms with Crippen LogP contribution in [0.3, 0.4) is 0 Å². The highest BCUT2D eigenvalue weighted by Crippen LogP contribution is 2.36. The van der Waals surface area contributed by atoms with E-state index in [0.717, 1.165) is 33.3 Å². The molecular formula is C23H16N2O2S. The number of hydrogen-bond donors (Lipinski definition) is 2. The average Bonchev–Trinajstić information content (AvgIpc) is 3.31. The van der Waals surface area contributed by atoms with Crippen LogP contribution in [0.5, 0.6) is 0 Å². The number of nitrogens with zero attached hydrogens (tertiary/aromatic N) is 1. The van der Waals surface area contributed by atoms with E-state index in [-0.39, 0.29) is 0 Å². The van der Waals surface area contributed by atoms with Crippen LogP contribution in [-0.2, 0) is 0 Å². The van der Waals surface area contributed by atoms with E-state index in [1.807, 2.05) is 31.5 Å². The van der Waals surface area contributed by atoms with Crippen molar-refractivity contribution < 1.29 is 9.90 Å². The number of aromatic nitrogens is 2. The van der Waals surface area contributed by atoms with E-state index in [2.05, 4.69) is 45.7 Å². The van der Waals surface area contributed by atoms with Crippen LogP contribution in [0.1, 0.15) is 15.9 Å². The zero-order valence-electron chi connectivity index (χ0n) is 15.1. The van der Waals surface area contributed by atoms with E-state index in [4.69, 9.17) is 0 Å². The first kappa shape index (κ1) is 16.7. The van der Waals surface area contributed by atoms with Crippen LogP contribution in [0.25, 0.3) is 43.4 Å². The van der Waals surface area contributed by atoms with E-state index in [9.17, 15) is 9.90 Å². The maximum Gasteiger partial charge on any atom is 0.335 e. The molecule has 3 heterocycles. The fourth-order valence-electron chi connectivity index (χ4n) is 3.66. The van der Waals surface area contributed by atoms with Gasteiger partial charge in [-0.2, -0.15) is 0 Å². The Kier molecular flexibility index (Phi) is 3.77. The minimum atomic E-state index is -0.906. The van der Waals surface area contributed by atoms with Crippen LogP contribution in [0.2, 0.25) is 0 Å². The first-order chi connectivity index (χ1) is 13.6. The highest BCUT2D eigenvalue weighted by Gasteiger charge is 2.13. The quantitative estimate of drug-likeness (QED) is 0.394. The van der Waals surface area contributed by atoms with Crippen molar-refractivity contribution in [2.24, 2.45) is 0 Å². The number of nitrogens with one attached hydrogen (secondary N) is 1. The lowest BCUT2D eigenvalue weighted by atomic mass is 9.98. The Labute approximate surface area is 165 Å². The molecule has 5 rings (SSSR count). The Morgan fingerprint density at radius 2 is 1.89 bits per heavy atom. The van der Waals surface area contributed by atoms with Gasteiger partial charge in [0.25, 0.3) is 0 Å². The zero-order chi connectivity index (χ0) is 19.3. The molecule has 2 N–H and O–H groups in total. The summed E-state index contributed by atoms with van der Waals surface area (Å²) >= 11 is 1.73. The molecule has 3 aromatic heterocycles. The fraction of sp³-hybridized carbons (Fsp3) is 0.0435. The van der Waals surface area contributed by atoms with Gasteiger partial charge in [-0.15, -0.1) is 11.3 Å². The second kappa shape index (κ2) is 6.32. The van der Waals surface area contributed by atoms with Crippen molar-refractivity contribution in [2.45, 2.75) is 6.92 Å². The summed E-state index contributed by atoms with van der Waals surface area (Å²) in [5, 5.41) is 13.7. The summed E-state index contributed by atoms with van der Waals surface area (Å²) in [5.41, 5.74) is 6.13. The van der Waals surface area contributed by atoms with E-state index in [1.54, 1.807) is 17.4 Å². The molecule has 136 valence electrons. The lowest BCUT2D eigenvalue weighted by molar-refractivity contribution is 0.0696. The SMILES string of the molecule is Cc1cc(-c2c[nH]c3ncc(-c4csc5ccccc45)cc23)ccc1C(=O)O. The third-order valence-corrected chi connectivity index (χ3v) is 6.05. The molecule has 0 unspecified atom stereocenters. The number of hydrogen-bond acceptors (Lipinski definition) is 3. The molecule has 0 spiro atoms. The highest BCUT2D eigenvalue weighted by atomic mass is 32.1. The molecule has 0 aliphatic heterocycles. The van der Waals surface area contributed by atoms with Crippen LogP contribution in [-0.4, -0.2) is 21.0 Å². The van der Waals surface area contributed by atoms with Gasteiger partial charge in [-0.1, -0.05) is 30.3 Å². The fourth-order valence-corrected chi connectivity index (χ4v) is 4.63. The van der Waals surface area contributed by atoms with Crippen LogP contribution in [0.15, 0.2) is 66.3 Å². The first-order valence-electron chi connectivity index (χ1n) is 8.90. The van der Waals surface area contributed by atoms with Gasteiger partial charge in [0.2, 0.25) is 0 Å². The van der Waals surface area contributed by atoms with Crippen molar-refractivity contribution in [3.05, 3.63) is 77.4 Å². The topological polar surface area (TPSA) is 66.0 Å². The van der Waals surface area contributed by atoms with Crippen LogP contribution < -0.4 is 0 Å². The lowest BCUT2D eigenvalue weighted by Gasteiger charge is -2.06. The largest absolute Gasteiger partial charge is 0.478 e. The maximum atomic E-state index is 11.3. The van der Waals surface area contributed by atoms with Crippen molar-refractivity contribution in [3.8, 4) is 22.3 Å². The minimum Gasteiger partial charge on any atom is -0.478 e. The normalized spacial score (nSPS) is 11.3. The van der Waals surface area contributed by atoms with Gasteiger partial charge in [0.05, 0.1) is 5.56 Å². The second-order valence-corrected chi connectivity index (χ2v) is 7.71. The number of carboxylic acids is 1. The van der Waals surface area contributed by atoms with Crippen molar-refractivity contribution in [2.75, 3.05) is 0 Å². The van der Waals surface area contributed by atoms with Gasteiger partial charge >= 0.3 is 5.97 Å². The Hall–Kier alpha value is -3.44. The molecule has 0 aliphatic carbocycles. The Morgan fingerprint density at radius 1 is 1.04 bits per heavy atom. The molecule has 5 aromatic rings. The highest BCUT2D eigenvalue weighted by molar-refractivity contribution is 7.17. The third kappa shape index (κ3) is 2.60. The predicted molar refractivity (Wildman–Crippen MR) is 114 cm³/mol. The maximum absolute atomic E-state index is 11.3. The van der Waals surface area contributed by atoms with E-state index in [1.165, 1.54) is 15.6 Å². The number of aromatic amines is 1. The predicted octanol–water partition coefficient (Wildman–Crippen LogP) is 6.12. The number of fused-ring (bicyclic) bond motifs is 2. The Balaban J connectivity index is 1.67. The van der Waals surface area contributed by atoms with Gasteiger partial charge in [-0.25, -0.2) is 9.78 Å². The standard InChI is InChI=1S/C23H16N2O2S/c1-13-8-14(6-7-16(13)23(26)27)19-11-25-22-18(19)9-15(10-24-22)20-12-28-21-5-3-2-4-17(20)21/h2-12H,1H3,(H,24,25)(H,26,27). The number of benzene rings is 2. The van der Waals surface area contributed by atoms with Crippen molar-refractivity contribution in [3.63, 3.8) is 0 Å². The number of pyridine rings is 1. The van der Waals surface area contributed by atoms with Gasteiger partial charge < -0.3 is 10.1 Å². The molecular weight excluding hydrogens is 368 g/mol. The molecule has 2 aromatic carbocycles. The Morgan fingerprint density at radius 3 is 2.71 bits per heavy atom. The smallest absolute Gasteiger partial charge is 0.335 e. The van der Waals surface area contributed by atoms with E-state index >= 15 is 0 Å². The van der Waals surface area contributed by atoms with Crippen molar-refractivity contribution >= 4 is 38.4 Å². The van der Waals surface area contributed by atoms with Crippen molar-refractivity contribution in [1.29, 1.82) is 0 Å². The number of rotatable bonds is 3. The lowest BCUT2D eigenvalue weighted by Crippen LogP contribution is -1.99. The van der Waals surface area contributed by atoms with E-state index < -0.39 is 5.97 Å². The minimum absolute atomic E-state index is 0.326. The Bertz CT molecular complexity index is 1360. The summed E-state index contributed by atoms with van der Waals surface area (Å²) in [6.07, 6.45) is 3.83. The second-order valence-electron chi connectivity index (χ2n) is 6.80. The molecule has 0 atom stereocenters. The van der Waals surface area contributed by atoms with E-state index in [0.29, 0.717) is 5.56 Å². The van der Waals surface area contributed by atoms with Gasteiger partial charge in [-0.05, 0) is 41.6 Å². The summed E-state index contributed by atoms with van der Waals surface area (Å²) in [6.45, 7) is 1.82. The molecule has 0 bridgehead atoms. The van der Waals surface area contributed by atoms with Crippen molar-refractivity contribution in [1.82, 2.24) is 9.97 Å². The van der Waals surface area contributed by atoms with Gasteiger partial charge in [0, 0.05) is 44.6 Å². The monoisotopic (exact) mass is 384 g/mol. The molecule has 0 amide bonds. The molecule has 0 aliphatic rings. The summed E-state index contributed by atoms with van der Waals surface area (Å²) in [5.74, 6) is -0.906. The number of aromatic carboxylic acids is 1. The zero-order valence-corrected chi connectivity index (χ0v) is 15.9. The molecule has 0 fully saturated rings. The summed E-state index contributed by atoms with van der Waals surface area (Å²) < 4.78 is 1.26. The third-order valence-electron chi connectivity index (χ3n) is 5.09. The molecule has 0 saturated carbocycles. The van der Waals surface area contributed by atoms with Gasteiger partial charge in [0.1, 0.15) is 5.65 Å². The molecule has 0 saturated heterocycles. The van der Waals surface area contributed by atoms with Crippen LogP contribution in [0.4, 0.5) is 0 Å². The molecule has 0 radical (unpaired) electrons. The van der Waals surface area contributed by atoms with Gasteiger partial charge in [0.15, 0.2) is 0 Å². The number of carboxylic acid groups (broad SMARTS) is 1. The summed E-state index contributed by atoms with van der Waals surface area (Å²) in [4.78, 5) is 19.1. The van der Waals surface area contributed by atoms with Crippen LogP contribution in [0, 0.1) is 6.92 Å². The molecule has 4 nitrogen and oxygen atoms in total. The number of thiophene rings is 1. The molecule has 5 heteroatoms. The van der Waals surface area contributed by atoms with Crippen LogP contribution >= 0.6 is 11.3 Å². The van der Waals surface area contributed by atoms with Gasteiger partial charge in [-0.3, -0.25) is 0 Å². The summed E-state index contributed by atoms with van der Waals surface area (Å²) in [7, 11) is 0. The summed E-state index contributed by atoms with van der Waals surface area (Å²) in [6, 6.07) is 16.0.